The molecule has 0 aliphatic carbocycles. The number of benzene rings is 1. The average molecular weight is 281 g/mol. The second kappa shape index (κ2) is 5.59. The van der Waals surface area contributed by atoms with Crippen molar-refractivity contribution in [3.05, 3.63) is 57.8 Å². The highest BCUT2D eigenvalue weighted by atomic mass is 35.5. The third kappa shape index (κ3) is 2.95. The molecule has 94 valence electrons. The van der Waals surface area contributed by atoms with Gasteiger partial charge in [-0.15, -0.1) is 0 Å². The van der Waals surface area contributed by atoms with Crippen molar-refractivity contribution >= 4 is 28.9 Å². The normalized spacial score (nSPS) is 12.2. The number of halogens is 2. The van der Waals surface area contributed by atoms with Crippen LogP contribution in [0.4, 0.5) is 5.69 Å². The first-order valence-corrected chi connectivity index (χ1v) is 6.45. The molecule has 1 aromatic heterocycles. The smallest absolute Gasteiger partial charge is 0.0641 e. The summed E-state index contributed by atoms with van der Waals surface area (Å²) in [6.45, 7) is 4.00. The Morgan fingerprint density at radius 3 is 2.44 bits per heavy atom. The Kier molecular flexibility index (Phi) is 4.10. The number of hydrogen-bond donors (Lipinski definition) is 1. The minimum atomic E-state index is 0.143. The molecular weight excluding hydrogens is 267 g/mol. The minimum absolute atomic E-state index is 0.143. The number of aromatic nitrogens is 1. The monoisotopic (exact) mass is 280 g/mol. The zero-order chi connectivity index (χ0) is 13.1. The molecule has 0 aliphatic heterocycles. The standard InChI is InChI=1S/C14H14Cl2N2/c1-9-7-13(16)14(8-12(9)15)18-10(2)11-3-5-17-6-4-11/h3-8,10,18H,1-2H3. The van der Waals surface area contributed by atoms with Crippen LogP contribution < -0.4 is 5.32 Å². The van der Waals surface area contributed by atoms with Crippen LogP contribution in [0.15, 0.2) is 36.7 Å². The van der Waals surface area contributed by atoms with E-state index in [0.717, 1.165) is 16.8 Å². The zero-order valence-corrected chi connectivity index (χ0v) is 11.8. The Labute approximate surface area is 117 Å². The summed E-state index contributed by atoms with van der Waals surface area (Å²) < 4.78 is 0. The quantitative estimate of drug-likeness (QED) is 0.868. The van der Waals surface area contributed by atoms with Gasteiger partial charge < -0.3 is 5.32 Å². The summed E-state index contributed by atoms with van der Waals surface area (Å²) in [5, 5.41) is 4.74. The van der Waals surface area contributed by atoms with Crippen molar-refractivity contribution in [2.24, 2.45) is 0 Å². The molecule has 18 heavy (non-hydrogen) atoms. The van der Waals surface area contributed by atoms with Crippen LogP contribution in [0.2, 0.25) is 10.0 Å². The van der Waals surface area contributed by atoms with Crippen LogP contribution in [0.25, 0.3) is 0 Å². The van der Waals surface area contributed by atoms with Crippen LogP contribution in [0.1, 0.15) is 24.1 Å². The van der Waals surface area contributed by atoms with Gasteiger partial charge in [-0.05, 0) is 49.2 Å². The molecule has 0 saturated carbocycles. The molecule has 4 heteroatoms. The van der Waals surface area contributed by atoms with Crippen molar-refractivity contribution in [2.75, 3.05) is 5.32 Å². The van der Waals surface area contributed by atoms with Gasteiger partial charge in [0.25, 0.3) is 0 Å². The lowest BCUT2D eigenvalue weighted by molar-refractivity contribution is 0.881. The van der Waals surface area contributed by atoms with Crippen molar-refractivity contribution < 1.29 is 0 Å². The number of anilines is 1. The van der Waals surface area contributed by atoms with Gasteiger partial charge in [-0.3, -0.25) is 4.98 Å². The van der Waals surface area contributed by atoms with Crippen LogP contribution in [0.3, 0.4) is 0 Å². The molecule has 0 spiro atoms. The van der Waals surface area contributed by atoms with Crippen LogP contribution in [0.5, 0.6) is 0 Å². The molecular formula is C14H14Cl2N2. The predicted octanol–water partition coefficient (Wildman–Crippen LogP) is 4.87. The van der Waals surface area contributed by atoms with Crippen LogP contribution in [0, 0.1) is 6.92 Å². The summed E-state index contributed by atoms with van der Waals surface area (Å²) in [5.41, 5.74) is 2.97. The van der Waals surface area contributed by atoms with Gasteiger partial charge in [0, 0.05) is 23.5 Å². The summed E-state index contributed by atoms with van der Waals surface area (Å²) in [7, 11) is 0. The van der Waals surface area contributed by atoms with Gasteiger partial charge in [0.15, 0.2) is 0 Å². The Hall–Kier alpha value is -1.25. The second-order valence-electron chi connectivity index (χ2n) is 4.23. The van der Waals surface area contributed by atoms with Gasteiger partial charge in [-0.2, -0.15) is 0 Å². The molecule has 1 heterocycles. The van der Waals surface area contributed by atoms with Gasteiger partial charge >= 0.3 is 0 Å². The Bertz CT molecular complexity index is 541. The van der Waals surface area contributed by atoms with E-state index in [9.17, 15) is 0 Å². The van der Waals surface area contributed by atoms with E-state index in [1.807, 2.05) is 31.2 Å². The Morgan fingerprint density at radius 1 is 1.11 bits per heavy atom. The predicted molar refractivity (Wildman–Crippen MR) is 77.5 cm³/mol. The average Bonchev–Trinajstić information content (AvgIpc) is 2.37. The fourth-order valence-corrected chi connectivity index (χ4v) is 2.16. The van der Waals surface area contributed by atoms with E-state index in [2.05, 4.69) is 17.2 Å². The first kappa shape index (κ1) is 13.2. The highest BCUT2D eigenvalue weighted by molar-refractivity contribution is 6.35. The van der Waals surface area contributed by atoms with E-state index in [-0.39, 0.29) is 6.04 Å². The van der Waals surface area contributed by atoms with E-state index in [0.29, 0.717) is 10.0 Å². The summed E-state index contributed by atoms with van der Waals surface area (Å²) in [6.07, 6.45) is 3.55. The lowest BCUT2D eigenvalue weighted by Gasteiger charge is -2.17. The fraction of sp³-hybridized carbons (Fsp3) is 0.214. The van der Waals surface area contributed by atoms with E-state index < -0.39 is 0 Å². The van der Waals surface area contributed by atoms with Crippen LogP contribution >= 0.6 is 23.2 Å². The van der Waals surface area contributed by atoms with E-state index in [1.54, 1.807) is 12.4 Å². The first-order chi connectivity index (χ1) is 8.58. The van der Waals surface area contributed by atoms with Gasteiger partial charge in [-0.1, -0.05) is 23.2 Å². The molecule has 2 rings (SSSR count). The van der Waals surface area contributed by atoms with Crippen LogP contribution in [-0.4, -0.2) is 4.98 Å². The van der Waals surface area contributed by atoms with Gasteiger partial charge in [0.1, 0.15) is 0 Å². The number of aryl methyl sites for hydroxylation is 1. The number of hydrogen-bond acceptors (Lipinski definition) is 2. The second-order valence-corrected chi connectivity index (χ2v) is 5.04. The highest BCUT2D eigenvalue weighted by Crippen LogP contribution is 2.31. The number of rotatable bonds is 3. The lowest BCUT2D eigenvalue weighted by atomic mass is 10.1. The minimum Gasteiger partial charge on any atom is -0.377 e. The third-order valence-corrected chi connectivity index (χ3v) is 3.55. The third-order valence-electron chi connectivity index (χ3n) is 2.83. The van der Waals surface area contributed by atoms with Crippen LogP contribution in [-0.2, 0) is 0 Å². The lowest BCUT2D eigenvalue weighted by Crippen LogP contribution is -2.07. The molecule has 1 aromatic carbocycles. The van der Waals surface area contributed by atoms with Crippen molar-refractivity contribution in [1.82, 2.24) is 4.98 Å². The molecule has 1 N–H and O–H groups in total. The first-order valence-electron chi connectivity index (χ1n) is 5.70. The summed E-state index contributed by atoms with van der Waals surface area (Å²) in [6, 6.07) is 7.81. The topological polar surface area (TPSA) is 24.9 Å². The summed E-state index contributed by atoms with van der Waals surface area (Å²) >= 11 is 12.3. The van der Waals surface area contributed by atoms with Crippen molar-refractivity contribution in [2.45, 2.75) is 19.9 Å². The molecule has 0 saturated heterocycles. The highest BCUT2D eigenvalue weighted by Gasteiger charge is 2.09. The van der Waals surface area contributed by atoms with E-state index >= 15 is 0 Å². The van der Waals surface area contributed by atoms with Gasteiger partial charge in [0.05, 0.1) is 10.7 Å². The Morgan fingerprint density at radius 2 is 1.78 bits per heavy atom. The van der Waals surface area contributed by atoms with Crippen molar-refractivity contribution in [3.63, 3.8) is 0 Å². The maximum absolute atomic E-state index is 6.20. The molecule has 0 amide bonds. The summed E-state index contributed by atoms with van der Waals surface area (Å²) in [4.78, 5) is 4.00. The summed E-state index contributed by atoms with van der Waals surface area (Å²) in [5.74, 6) is 0. The zero-order valence-electron chi connectivity index (χ0n) is 10.2. The van der Waals surface area contributed by atoms with Gasteiger partial charge in [-0.25, -0.2) is 0 Å². The number of nitrogens with zero attached hydrogens (tertiary/aromatic N) is 1. The maximum Gasteiger partial charge on any atom is 0.0641 e. The molecule has 2 nitrogen and oxygen atoms in total. The van der Waals surface area contributed by atoms with Crippen molar-refractivity contribution in [3.8, 4) is 0 Å². The number of pyridine rings is 1. The fourth-order valence-electron chi connectivity index (χ4n) is 1.73. The molecule has 0 bridgehead atoms. The van der Waals surface area contributed by atoms with E-state index in [1.165, 1.54) is 0 Å². The molecule has 0 fully saturated rings. The molecule has 0 radical (unpaired) electrons. The molecule has 1 unspecified atom stereocenters. The maximum atomic E-state index is 6.20. The Balaban J connectivity index is 2.22. The SMILES string of the molecule is Cc1cc(Cl)c(NC(C)c2ccncc2)cc1Cl. The number of nitrogens with one attached hydrogen (secondary N) is 1. The largest absolute Gasteiger partial charge is 0.377 e. The van der Waals surface area contributed by atoms with Gasteiger partial charge in [0.2, 0.25) is 0 Å². The molecule has 0 aliphatic rings. The molecule has 2 aromatic rings. The van der Waals surface area contributed by atoms with Crippen molar-refractivity contribution in [1.29, 1.82) is 0 Å². The van der Waals surface area contributed by atoms with E-state index in [4.69, 9.17) is 23.2 Å². The molecule has 1 atom stereocenters.